The molecule has 6 nitrogen and oxygen atoms in total. The number of hydrogen-bond donors (Lipinski definition) is 1. The molecule has 1 atom stereocenters. The van der Waals surface area contributed by atoms with E-state index in [4.69, 9.17) is 14.2 Å². The van der Waals surface area contributed by atoms with Gasteiger partial charge in [0, 0.05) is 23.9 Å². The van der Waals surface area contributed by atoms with Crippen molar-refractivity contribution in [1.29, 1.82) is 0 Å². The molecule has 1 aliphatic carbocycles. The molecule has 0 heterocycles. The molecule has 0 spiro atoms. The van der Waals surface area contributed by atoms with Gasteiger partial charge in [0.1, 0.15) is 11.5 Å². The van der Waals surface area contributed by atoms with Crippen LogP contribution in [0.15, 0.2) is 18.2 Å². The number of amides is 1. The van der Waals surface area contributed by atoms with Crippen LogP contribution in [0.5, 0.6) is 11.5 Å². The van der Waals surface area contributed by atoms with Crippen molar-refractivity contribution in [2.24, 2.45) is 5.92 Å². The van der Waals surface area contributed by atoms with Crippen molar-refractivity contribution in [3.8, 4) is 11.5 Å². The summed E-state index contributed by atoms with van der Waals surface area (Å²) in [6.45, 7) is 1.56. The van der Waals surface area contributed by atoms with Gasteiger partial charge < -0.3 is 19.5 Å². The Bertz CT molecular complexity index is 531. The first-order valence-corrected chi connectivity index (χ1v) is 7.28. The molecule has 0 aromatic heterocycles. The van der Waals surface area contributed by atoms with E-state index in [-0.39, 0.29) is 17.8 Å². The standard InChI is InChI=1S/C16H21NO5/c1-10(22-16(19)11-5-4-6-11)15(18)17-12-7-13(20-2)9-14(8-12)21-3/h7-11H,4-6H2,1-3H3,(H,17,18). The third-order valence-electron chi connectivity index (χ3n) is 3.72. The van der Waals surface area contributed by atoms with Crippen LogP contribution in [-0.2, 0) is 14.3 Å². The van der Waals surface area contributed by atoms with Crippen LogP contribution in [0.1, 0.15) is 26.2 Å². The first-order valence-electron chi connectivity index (χ1n) is 7.28. The summed E-state index contributed by atoms with van der Waals surface area (Å²) in [7, 11) is 3.06. The molecule has 22 heavy (non-hydrogen) atoms. The van der Waals surface area contributed by atoms with E-state index in [1.54, 1.807) is 25.1 Å². The summed E-state index contributed by atoms with van der Waals surface area (Å²) in [6.07, 6.45) is 1.90. The van der Waals surface area contributed by atoms with Gasteiger partial charge in [-0.15, -0.1) is 0 Å². The summed E-state index contributed by atoms with van der Waals surface area (Å²) in [4.78, 5) is 23.9. The van der Waals surface area contributed by atoms with Gasteiger partial charge in [-0.2, -0.15) is 0 Å². The van der Waals surface area contributed by atoms with E-state index in [9.17, 15) is 9.59 Å². The van der Waals surface area contributed by atoms with Gasteiger partial charge in [0.25, 0.3) is 5.91 Å². The van der Waals surface area contributed by atoms with Gasteiger partial charge in [0.15, 0.2) is 6.10 Å². The average molecular weight is 307 g/mol. The van der Waals surface area contributed by atoms with Gasteiger partial charge in [-0.25, -0.2) is 0 Å². The summed E-state index contributed by atoms with van der Waals surface area (Å²) in [5.41, 5.74) is 0.521. The normalized spacial score (nSPS) is 15.4. The van der Waals surface area contributed by atoms with Crippen molar-refractivity contribution in [2.45, 2.75) is 32.3 Å². The average Bonchev–Trinajstić information content (AvgIpc) is 2.44. The quantitative estimate of drug-likeness (QED) is 0.817. The Kier molecular flexibility index (Phi) is 5.25. The summed E-state index contributed by atoms with van der Waals surface area (Å²) in [5, 5.41) is 2.70. The molecule has 0 bridgehead atoms. The van der Waals surface area contributed by atoms with E-state index < -0.39 is 6.10 Å². The summed E-state index contributed by atoms with van der Waals surface area (Å²) in [6, 6.07) is 5.04. The van der Waals surface area contributed by atoms with Gasteiger partial charge >= 0.3 is 5.97 Å². The largest absolute Gasteiger partial charge is 0.497 e. The van der Waals surface area contributed by atoms with Gasteiger partial charge in [0.2, 0.25) is 0 Å². The maximum Gasteiger partial charge on any atom is 0.309 e. The highest BCUT2D eigenvalue weighted by molar-refractivity contribution is 5.95. The highest BCUT2D eigenvalue weighted by atomic mass is 16.5. The number of methoxy groups -OCH3 is 2. The second-order valence-electron chi connectivity index (χ2n) is 5.30. The van der Waals surface area contributed by atoms with Crippen LogP contribution in [0.3, 0.4) is 0 Å². The van der Waals surface area contributed by atoms with E-state index >= 15 is 0 Å². The fourth-order valence-electron chi connectivity index (χ4n) is 2.09. The lowest BCUT2D eigenvalue weighted by atomic mass is 9.86. The number of benzene rings is 1. The number of hydrogen-bond acceptors (Lipinski definition) is 5. The number of nitrogens with one attached hydrogen (secondary N) is 1. The third kappa shape index (κ3) is 3.90. The summed E-state index contributed by atoms with van der Waals surface area (Å²) < 4.78 is 15.5. The van der Waals surface area contributed by atoms with Crippen LogP contribution >= 0.6 is 0 Å². The molecular weight excluding hydrogens is 286 g/mol. The Hall–Kier alpha value is -2.24. The highest BCUT2D eigenvalue weighted by Gasteiger charge is 2.29. The molecule has 0 aliphatic heterocycles. The molecule has 1 aliphatic rings. The van der Waals surface area contributed by atoms with E-state index in [2.05, 4.69) is 5.32 Å². The maximum atomic E-state index is 12.1. The molecule has 0 saturated heterocycles. The molecule has 1 unspecified atom stereocenters. The molecule has 1 amide bonds. The summed E-state index contributed by atoms with van der Waals surface area (Å²) in [5.74, 6) is 0.398. The van der Waals surface area contributed by atoms with Crippen molar-refractivity contribution in [3.05, 3.63) is 18.2 Å². The Balaban J connectivity index is 1.96. The molecule has 2 rings (SSSR count). The molecule has 120 valence electrons. The van der Waals surface area contributed by atoms with Gasteiger partial charge in [-0.1, -0.05) is 6.42 Å². The number of anilines is 1. The van der Waals surface area contributed by atoms with E-state index in [0.717, 1.165) is 19.3 Å². The Morgan fingerprint density at radius 2 is 1.73 bits per heavy atom. The predicted octanol–water partition coefficient (Wildman–Crippen LogP) is 2.37. The minimum absolute atomic E-state index is 0.0489. The van der Waals surface area contributed by atoms with E-state index in [1.807, 2.05) is 0 Å². The Morgan fingerprint density at radius 3 is 2.18 bits per heavy atom. The molecule has 1 saturated carbocycles. The van der Waals surface area contributed by atoms with Crippen molar-refractivity contribution in [2.75, 3.05) is 19.5 Å². The minimum Gasteiger partial charge on any atom is -0.497 e. The van der Waals surface area contributed by atoms with Crippen LogP contribution in [0.25, 0.3) is 0 Å². The topological polar surface area (TPSA) is 73.9 Å². The summed E-state index contributed by atoms with van der Waals surface area (Å²) >= 11 is 0. The predicted molar refractivity (Wildman–Crippen MR) is 81.1 cm³/mol. The van der Waals surface area contributed by atoms with Gasteiger partial charge in [-0.05, 0) is 19.8 Å². The molecule has 1 aromatic carbocycles. The zero-order valence-electron chi connectivity index (χ0n) is 13.0. The Morgan fingerprint density at radius 1 is 1.14 bits per heavy atom. The second kappa shape index (κ2) is 7.15. The SMILES string of the molecule is COc1cc(NC(=O)C(C)OC(=O)C2CCC2)cc(OC)c1. The zero-order valence-corrected chi connectivity index (χ0v) is 13.0. The second-order valence-corrected chi connectivity index (χ2v) is 5.30. The van der Waals surface area contributed by atoms with Crippen LogP contribution in [0, 0.1) is 5.92 Å². The van der Waals surface area contributed by atoms with Crippen molar-refractivity contribution >= 4 is 17.6 Å². The first kappa shape index (κ1) is 16.1. The maximum absolute atomic E-state index is 12.1. The van der Waals surface area contributed by atoms with E-state index in [0.29, 0.717) is 17.2 Å². The van der Waals surface area contributed by atoms with Crippen molar-refractivity contribution < 1.29 is 23.8 Å². The lowest BCUT2D eigenvalue weighted by molar-refractivity contribution is -0.159. The van der Waals surface area contributed by atoms with Crippen LogP contribution in [0.4, 0.5) is 5.69 Å². The third-order valence-corrected chi connectivity index (χ3v) is 3.72. The van der Waals surface area contributed by atoms with Crippen molar-refractivity contribution in [3.63, 3.8) is 0 Å². The number of esters is 1. The highest BCUT2D eigenvalue weighted by Crippen LogP contribution is 2.28. The number of carbonyl (C=O) groups excluding carboxylic acids is 2. The van der Waals surface area contributed by atoms with Crippen molar-refractivity contribution in [1.82, 2.24) is 0 Å². The van der Waals surface area contributed by atoms with Gasteiger partial charge in [-0.3, -0.25) is 9.59 Å². The molecule has 1 aromatic rings. The lowest BCUT2D eigenvalue weighted by Gasteiger charge is -2.24. The molecule has 1 fully saturated rings. The zero-order chi connectivity index (χ0) is 16.1. The van der Waals surface area contributed by atoms with Gasteiger partial charge in [0.05, 0.1) is 20.1 Å². The minimum atomic E-state index is -0.842. The van der Waals surface area contributed by atoms with E-state index in [1.165, 1.54) is 14.2 Å². The molecule has 1 N–H and O–H groups in total. The molecule has 0 radical (unpaired) electrons. The first-order chi connectivity index (χ1) is 10.5. The fourth-order valence-corrected chi connectivity index (χ4v) is 2.09. The lowest BCUT2D eigenvalue weighted by Crippen LogP contribution is -2.34. The fraction of sp³-hybridized carbons (Fsp3) is 0.500. The van der Waals surface area contributed by atoms with Crippen LogP contribution < -0.4 is 14.8 Å². The number of ether oxygens (including phenoxy) is 3. The Labute approximate surface area is 129 Å². The number of rotatable bonds is 6. The van der Waals surface area contributed by atoms with Crippen LogP contribution in [-0.4, -0.2) is 32.2 Å². The number of carbonyl (C=O) groups is 2. The molecular formula is C16H21NO5. The smallest absolute Gasteiger partial charge is 0.309 e. The molecule has 6 heteroatoms. The monoisotopic (exact) mass is 307 g/mol. The van der Waals surface area contributed by atoms with Crippen LogP contribution in [0.2, 0.25) is 0 Å².